The van der Waals surface area contributed by atoms with Crippen molar-refractivity contribution in [1.82, 2.24) is 14.8 Å². The number of nitrogens with zero attached hydrogens (tertiary/aromatic N) is 4. The van der Waals surface area contributed by atoms with E-state index in [1.54, 1.807) is 43.4 Å². The van der Waals surface area contributed by atoms with Gasteiger partial charge in [0.1, 0.15) is 17.3 Å². The number of hydrogen-bond acceptors (Lipinski definition) is 5. The second-order valence-corrected chi connectivity index (χ2v) is 8.02. The number of nitrogens with one attached hydrogen (secondary N) is 1. The number of carbonyl (C=O) groups is 1. The number of ether oxygens (including phenoxy) is 2. The van der Waals surface area contributed by atoms with Gasteiger partial charge in [-0.15, -0.1) is 10.2 Å². The Labute approximate surface area is 192 Å². The van der Waals surface area contributed by atoms with Gasteiger partial charge in [-0.25, -0.2) is 4.79 Å². The minimum Gasteiger partial charge on any atom is -0.497 e. The van der Waals surface area contributed by atoms with Crippen LogP contribution in [-0.4, -0.2) is 35.0 Å². The number of benzene rings is 2. The predicted octanol–water partition coefficient (Wildman–Crippen LogP) is 4.91. The highest BCUT2D eigenvalue weighted by molar-refractivity contribution is 6.30. The van der Waals surface area contributed by atoms with Crippen LogP contribution in [0.2, 0.25) is 5.02 Å². The molecular formula is C23H26ClN5O3. The van der Waals surface area contributed by atoms with E-state index in [0.717, 1.165) is 43.6 Å². The van der Waals surface area contributed by atoms with Crippen molar-refractivity contribution in [3.63, 3.8) is 0 Å². The zero-order valence-electron chi connectivity index (χ0n) is 18.2. The summed E-state index contributed by atoms with van der Waals surface area (Å²) in [5, 5.41) is 12.3. The maximum atomic E-state index is 13.5. The standard InChI is InChI=1S/C23H26ClN5O3/c1-31-19-11-12-20(32-2)16(14-19)15-29(23(30)25-18-9-7-17(24)8-10-18)22-27-26-21-6-4-3-5-13-28(21)22/h7-12,14H,3-6,13,15H2,1-2H3,(H,25,30). The summed E-state index contributed by atoms with van der Waals surface area (Å²) in [6.45, 7) is 1.01. The van der Waals surface area contributed by atoms with Crippen molar-refractivity contribution in [3.8, 4) is 11.5 Å². The fraction of sp³-hybridized carbons (Fsp3) is 0.348. The molecule has 9 heteroatoms. The van der Waals surface area contributed by atoms with Gasteiger partial charge in [0.15, 0.2) is 0 Å². The van der Waals surface area contributed by atoms with Crippen molar-refractivity contribution >= 4 is 29.3 Å². The largest absolute Gasteiger partial charge is 0.497 e. The molecule has 0 fully saturated rings. The van der Waals surface area contributed by atoms with E-state index < -0.39 is 0 Å². The average molecular weight is 456 g/mol. The topological polar surface area (TPSA) is 81.5 Å². The van der Waals surface area contributed by atoms with Crippen LogP contribution in [0.15, 0.2) is 42.5 Å². The molecular weight excluding hydrogens is 430 g/mol. The molecule has 0 aliphatic carbocycles. The van der Waals surface area contributed by atoms with E-state index in [0.29, 0.717) is 28.2 Å². The number of carbonyl (C=O) groups excluding carboxylic acids is 1. The number of aromatic nitrogens is 3. The molecule has 4 rings (SSSR count). The zero-order chi connectivity index (χ0) is 22.5. The van der Waals surface area contributed by atoms with Gasteiger partial charge in [0, 0.05) is 29.2 Å². The number of fused-ring (bicyclic) bond motifs is 1. The summed E-state index contributed by atoms with van der Waals surface area (Å²) in [6, 6.07) is 12.2. The van der Waals surface area contributed by atoms with E-state index in [-0.39, 0.29) is 12.6 Å². The molecule has 1 aliphatic rings. The molecule has 0 unspecified atom stereocenters. The van der Waals surface area contributed by atoms with Gasteiger partial charge in [0.2, 0.25) is 5.95 Å². The molecule has 0 saturated carbocycles. The fourth-order valence-electron chi connectivity index (χ4n) is 3.80. The Bertz CT molecular complexity index is 1080. The third-order valence-corrected chi connectivity index (χ3v) is 5.74. The van der Waals surface area contributed by atoms with Gasteiger partial charge in [-0.3, -0.25) is 9.47 Å². The van der Waals surface area contributed by atoms with Gasteiger partial charge in [-0.2, -0.15) is 0 Å². The number of rotatable bonds is 6. The van der Waals surface area contributed by atoms with Gasteiger partial charge in [-0.1, -0.05) is 18.0 Å². The molecule has 1 aliphatic heterocycles. The Morgan fingerprint density at radius 3 is 2.66 bits per heavy atom. The van der Waals surface area contributed by atoms with Gasteiger partial charge < -0.3 is 14.8 Å². The minimum absolute atomic E-state index is 0.234. The average Bonchev–Trinajstić information content (AvgIpc) is 3.05. The van der Waals surface area contributed by atoms with Crippen LogP contribution < -0.4 is 19.7 Å². The van der Waals surface area contributed by atoms with Crippen molar-refractivity contribution in [3.05, 3.63) is 58.9 Å². The third kappa shape index (κ3) is 4.80. The lowest BCUT2D eigenvalue weighted by atomic mass is 10.1. The van der Waals surface area contributed by atoms with Crippen LogP contribution in [0.3, 0.4) is 0 Å². The number of aryl methyl sites for hydroxylation is 1. The SMILES string of the molecule is COc1ccc(OC)c(CN(C(=O)Nc2ccc(Cl)cc2)c2nnc3n2CCCCC3)c1. The highest BCUT2D eigenvalue weighted by Crippen LogP contribution is 2.29. The first-order chi connectivity index (χ1) is 15.6. The first-order valence-electron chi connectivity index (χ1n) is 10.6. The molecule has 2 heterocycles. The Morgan fingerprint density at radius 1 is 1.09 bits per heavy atom. The van der Waals surface area contributed by atoms with E-state index in [1.165, 1.54) is 0 Å². The summed E-state index contributed by atoms with van der Waals surface area (Å²) >= 11 is 5.99. The molecule has 0 atom stereocenters. The first kappa shape index (κ1) is 22.0. The highest BCUT2D eigenvalue weighted by atomic mass is 35.5. The number of amides is 2. The van der Waals surface area contributed by atoms with Crippen LogP contribution in [0.1, 0.15) is 30.7 Å². The number of methoxy groups -OCH3 is 2. The van der Waals surface area contributed by atoms with Crippen molar-refractivity contribution in [1.29, 1.82) is 0 Å². The Morgan fingerprint density at radius 2 is 1.91 bits per heavy atom. The molecule has 0 saturated heterocycles. The predicted molar refractivity (Wildman–Crippen MR) is 124 cm³/mol. The minimum atomic E-state index is -0.323. The number of urea groups is 1. The fourth-order valence-corrected chi connectivity index (χ4v) is 3.93. The quantitative estimate of drug-likeness (QED) is 0.570. The molecule has 3 aromatic rings. The van der Waals surface area contributed by atoms with Crippen molar-refractivity contribution in [2.24, 2.45) is 0 Å². The second-order valence-electron chi connectivity index (χ2n) is 7.58. The zero-order valence-corrected chi connectivity index (χ0v) is 18.9. The molecule has 1 aromatic heterocycles. The van der Waals surface area contributed by atoms with Crippen LogP contribution in [0.25, 0.3) is 0 Å². The lowest BCUT2D eigenvalue weighted by Gasteiger charge is -2.24. The Kier molecular flexibility index (Phi) is 6.80. The van der Waals surface area contributed by atoms with Crippen LogP contribution in [0.5, 0.6) is 11.5 Å². The summed E-state index contributed by atoms with van der Waals surface area (Å²) in [5.74, 6) is 2.75. The normalized spacial score (nSPS) is 13.1. The van der Waals surface area contributed by atoms with Crippen molar-refractivity contribution in [2.75, 3.05) is 24.4 Å². The van der Waals surface area contributed by atoms with Crippen LogP contribution in [0, 0.1) is 0 Å². The maximum absolute atomic E-state index is 13.5. The first-order valence-corrected chi connectivity index (χ1v) is 10.9. The number of halogens is 1. The van der Waals surface area contributed by atoms with Crippen molar-refractivity contribution in [2.45, 2.75) is 38.8 Å². The van der Waals surface area contributed by atoms with E-state index in [1.807, 2.05) is 22.8 Å². The molecule has 32 heavy (non-hydrogen) atoms. The number of hydrogen-bond donors (Lipinski definition) is 1. The second kappa shape index (κ2) is 9.91. The van der Waals surface area contributed by atoms with Crippen LogP contribution >= 0.6 is 11.6 Å². The third-order valence-electron chi connectivity index (χ3n) is 5.49. The lowest BCUT2D eigenvalue weighted by molar-refractivity contribution is 0.256. The molecule has 0 bridgehead atoms. The Balaban J connectivity index is 1.71. The number of anilines is 2. The molecule has 2 amide bonds. The smallest absolute Gasteiger partial charge is 0.329 e. The summed E-state index contributed by atoms with van der Waals surface area (Å²) in [7, 11) is 3.21. The Hall–Kier alpha value is -3.26. The van der Waals surface area contributed by atoms with Crippen molar-refractivity contribution < 1.29 is 14.3 Å². The molecule has 0 spiro atoms. The van der Waals surface area contributed by atoms with E-state index >= 15 is 0 Å². The summed E-state index contributed by atoms with van der Waals surface area (Å²) in [6.07, 6.45) is 4.07. The monoisotopic (exact) mass is 455 g/mol. The van der Waals surface area contributed by atoms with Crippen LogP contribution in [-0.2, 0) is 19.5 Å². The van der Waals surface area contributed by atoms with Gasteiger partial charge in [0.25, 0.3) is 0 Å². The van der Waals surface area contributed by atoms with E-state index in [2.05, 4.69) is 15.5 Å². The lowest BCUT2D eigenvalue weighted by Crippen LogP contribution is -2.36. The highest BCUT2D eigenvalue weighted by Gasteiger charge is 2.26. The van der Waals surface area contributed by atoms with E-state index in [9.17, 15) is 4.79 Å². The van der Waals surface area contributed by atoms with Crippen LogP contribution in [0.4, 0.5) is 16.4 Å². The molecule has 0 radical (unpaired) electrons. The van der Waals surface area contributed by atoms with Gasteiger partial charge in [-0.05, 0) is 55.3 Å². The van der Waals surface area contributed by atoms with E-state index in [4.69, 9.17) is 21.1 Å². The molecule has 8 nitrogen and oxygen atoms in total. The summed E-state index contributed by atoms with van der Waals surface area (Å²) < 4.78 is 13.0. The molecule has 168 valence electrons. The van der Waals surface area contributed by atoms with Gasteiger partial charge >= 0.3 is 6.03 Å². The summed E-state index contributed by atoms with van der Waals surface area (Å²) in [4.78, 5) is 15.0. The summed E-state index contributed by atoms with van der Waals surface area (Å²) in [5.41, 5.74) is 1.43. The maximum Gasteiger partial charge on any atom is 0.329 e. The molecule has 2 aromatic carbocycles. The van der Waals surface area contributed by atoms with Gasteiger partial charge in [0.05, 0.1) is 20.8 Å². The molecule has 1 N–H and O–H groups in total.